The number of rotatable bonds is 4. The van der Waals surface area contributed by atoms with Gasteiger partial charge in [0.25, 0.3) is 0 Å². The van der Waals surface area contributed by atoms with Gasteiger partial charge in [0, 0.05) is 16.8 Å². The number of nitrogens with two attached hydrogens (primary N) is 2. The second-order valence-corrected chi connectivity index (χ2v) is 8.06. The standard InChI is InChI=1S/C12H19N3O3S2/c13-9-3-1-2-8(6-9)12(16)15-7-10-4-5-11(19-10)20(14,17)18/h4-5,8-9H,1-3,6-7,13H2,(H,15,16)(H2,14,17,18). The van der Waals surface area contributed by atoms with E-state index in [-0.39, 0.29) is 22.1 Å². The van der Waals surface area contributed by atoms with E-state index in [0.29, 0.717) is 6.54 Å². The molecule has 1 aliphatic carbocycles. The third-order valence-corrected chi connectivity index (χ3v) is 5.96. The number of hydrogen-bond donors (Lipinski definition) is 3. The Bertz CT molecular complexity index is 583. The molecule has 6 nitrogen and oxygen atoms in total. The Morgan fingerprint density at radius 3 is 2.75 bits per heavy atom. The third kappa shape index (κ3) is 4.02. The SMILES string of the molecule is NC1CCCC(C(=O)NCc2ccc(S(N)(=O)=O)s2)C1. The summed E-state index contributed by atoms with van der Waals surface area (Å²) >= 11 is 1.08. The van der Waals surface area contributed by atoms with Gasteiger partial charge in [-0.15, -0.1) is 11.3 Å². The van der Waals surface area contributed by atoms with Crippen LogP contribution in [0.5, 0.6) is 0 Å². The van der Waals surface area contributed by atoms with E-state index >= 15 is 0 Å². The average molecular weight is 317 g/mol. The van der Waals surface area contributed by atoms with Crippen LogP contribution in [0.15, 0.2) is 16.3 Å². The molecule has 8 heteroatoms. The van der Waals surface area contributed by atoms with Gasteiger partial charge in [0.05, 0.1) is 6.54 Å². The normalized spacial score (nSPS) is 23.5. The smallest absolute Gasteiger partial charge is 0.247 e. The summed E-state index contributed by atoms with van der Waals surface area (Å²) in [5, 5.41) is 7.87. The third-order valence-electron chi connectivity index (χ3n) is 3.44. The van der Waals surface area contributed by atoms with Crippen LogP contribution >= 0.6 is 11.3 Å². The van der Waals surface area contributed by atoms with Crippen LogP contribution in [0.4, 0.5) is 0 Å². The fourth-order valence-corrected chi connectivity index (χ4v) is 4.11. The summed E-state index contributed by atoms with van der Waals surface area (Å²) in [4.78, 5) is 12.8. The summed E-state index contributed by atoms with van der Waals surface area (Å²) in [6.07, 6.45) is 3.55. The molecule has 2 rings (SSSR count). The molecular weight excluding hydrogens is 298 g/mol. The monoisotopic (exact) mass is 317 g/mol. The van der Waals surface area contributed by atoms with E-state index < -0.39 is 10.0 Å². The summed E-state index contributed by atoms with van der Waals surface area (Å²) < 4.78 is 22.4. The summed E-state index contributed by atoms with van der Waals surface area (Å²) in [5.41, 5.74) is 5.86. The molecule has 1 heterocycles. The van der Waals surface area contributed by atoms with Crippen molar-refractivity contribution in [2.45, 2.75) is 42.5 Å². The zero-order chi connectivity index (χ0) is 14.8. The van der Waals surface area contributed by atoms with Crippen molar-refractivity contribution in [3.8, 4) is 0 Å². The second-order valence-electron chi connectivity index (χ2n) is 5.11. The molecule has 1 saturated carbocycles. The van der Waals surface area contributed by atoms with Gasteiger partial charge in [0.15, 0.2) is 0 Å². The average Bonchev–Trinajstić information content (AvgIpc) is 2.84. The Morgan fingerprint density at radius 2 is 2.15 bits per heavy atom. The lowest BCUT2D eigenvalue weighted by atomic mass is 9.85. The molecule has 1 aromatic rings. The molecule has 112 valence electrons. The van der Waals surface area contributed by atoms with Crippen molar-refractivity contribution in [1.82, 2.24) is 5.32 Å². The maximum atomic E-state index is 12.0. The number of thiophene rings is 1. The Hall–Kier alpha value is -0.960. The lowest BCUT2D eigenvalue weighted by Gasteiger charge is -2.25. The molecule has 2 atom stereocenters. The summed E-state index contributed by atoms with van der Waals surface area (Å²) in [7, 11) is -3.66. The number of amides is 1. The first-order valence-electron chi connectivity index (χ1n) is 6.51. The van der Waals surface area contributed by atoms with Crippen LogP contribution in [0.3, 0.4) is 0 Å². The summed E-state index contributed by atoms with van der Waals surface area (Å²) in [6.45, 7) is 0.324. The number of carbonyl (C=O) groups is 1. The zero-order valence-electron chi connectivity index (χ0n) is 11.0. The molecule has 1 fully saturated rings. The minimum Gasteiger partial charge on any atom is -0.351 e. The Morgan fingerprint density at radius 1 is 1.40 bits per heavy atom. The number of hydrogen-bond acceptors (Lipinski definition) is 5. The number of nitrogens with one attached hydrogen (secondary N) is 1. The molecule has 2 unspecified atom stereocenters. The van der Waals surface area contributed by atoms with Crippen LogP contribution in [0, 0.1) is 5.92 Å². The van der Waals surface area contributed by atoms with E-state index in [1.54, 1.807) is 6.07 Å². The number of sulfonamides is 1. The van der Waals surface area contributed by atoms with Crippen molar-refractivity contribution in [2.24, 2.45) is 16.8 Å². The number of carbonyl (C=O) groups excluding carboxylic acids is 1. The van der Waals surface area contributed by atoms with Crippen LogP contribution in [0.1, 0.15) is 30.6 Å². The Labute approximate surface area is 122 Å². The molecule has 20 heavy (non-hydrogen) atoms. The molecule has 0 saturated heterocycles. The van der Waals surface area contributed by atoms with Gasteiger partial charge in [0.1, 0.15) is 4.21 Å². The van der Waals surface area contributed by atoms with E-state index in [2.05, 4.69) is 5.32 Å². The largest absolute Gasteiger partial charge is 0.351 e. The molecule has 0 radical (unpaired) electrons. The molecular formula is C12H19N3O3S2. The lowest BCUT2D eigenvalue weighted by Crippen LogP contribution is -2.37. The van der Waals surface area contributed by atoms with Gasteiger partial charge in [-0.2, -0.15) is 0 Å². The van der Waals surface area contributed by atoms with E-state index in [0.717, 1.165) is 41.9 Å². The summed E-state index contributed by atoms with van der Waals surface area (Å²) in [5.74, 6) is -0.0397. The maximum absolute atomic E-state index is 12.0. The first kappa shape index (κ1) is 15.4. The number of primary sulfonamides is 1. The van der Waals surface area contributed by atoms with E-state index in [4.69, 9.17) is 10.9 Å². The molecule has 0 aliphatic heterocycles. The second kappa shape index (κ2) is 6.21. The van der Waals surface area contributed by atoms with Gasteiger partial charge in [-0.1, -0.05) is 6.42 Å². The van der Waals surface area contributed by atoms with E-state index in [1.807, 2.05) is 0 Å². The minimum absolute atomic E-state index is 0.00861. The molecule has 1 amide bonds. The predicted octanol–water partition coefficient (Wildman–Crippen LogP) is 0.529. The van der Waals surface area contributed by atoms with E-state index in [1.165, 1.54) is 6.07 Å². The van der Waals surface area contributed by atoms with Crippen molar-refractivity contribution in [3.63, 3.8) is 0 Å². The van der Waals surface area contributed by atoms with Crippen molar-refractivity contribution in [3.05, 3.63) is 17.0 Å². The van der Waals surface area contributed by atoms with Gasteiger partial charge in [-0.3, -0.25) is 4.79 Å². The Kier molecular flexibility index (Phi) is 4.79. The highest BCUT2D eigenvalue weighted by Gasteiger charge is 2.25. The first-order valence-corrected chi connectivity index (χ1v) is 8.87. The fourth-order valence-electron chi connectivity index (χ4n) is 2.39. The van der Waals surface area contributed by atoms with Gasteiger partial charge < -0.3 is 11.1 Å². The van der Waals surface area contributed by atoms with Crippen LogP contribution in [0.2, 0.25) is 0 Å². The van der Waals surface area contributed by atoms with Gasteiger partial charge in [0.2, 0.25) is 15.9 Å². The van der Waals surface area contributed by atoms with Crippen molar-refractivity contribution < 1.29 is 13.2 Å². The minimum atomic E-state index is -3.66. The van der Waals surface area contributed by atoms with Crippen LogP contribution in [0.25, 0.3) is 0 Å². The Balaban J connectivity index is 1.88. The van der Waals surface area contributed by atoms with Gasteiger partial charge in [-0.05, 0) is 31.4 Å². The van der Waals surface area contributed by atoms with Crippen molar-refractivity contribution in [2.75, 3.05) is 0 Å². The topological polar surface area (TPSA) is 115 Å². The maximum Gasteiger partial charge on any atom is 0.247 e. The highest BCUT2D eigenvalue weighted by Crippen LogP contribution is 2.24. The zero-order valence-corrected chi connectivity index (χ0v) is 12.7. The van der Waals surface area contributed by atoms with Gasteiger partial charge >= 0.3 is 0 Å². The van der Waals surface area contributed by atoms with Crippen molar-refractivity contribution in [1.29, 1.82) is 0 Å². The molecule has 1 aliphatic rings. The van der Waals surface area contributed by atoms with Crippen LogP contribution < -0.4 is 16.2 Å². The lowest BCUT2D eigenvalue weighted by molar-refractivity contribution is -0.126. The quantitative estimate of drug-likeness (QED) is 0.751. The molecule has 1 aromatic heterocycles. The molecule has 0 aromatic carbocycles. The van der Waals surface area contributed by atoms with Crippen LogP contribution in [-0.4, -0.2) is 20.4 Å². The van der Waals surface area contributed by atoms with Crippen LogP contribution in [-0.2, 0) is 21.4 Å². The fraction of sp³-hybridized carbons (Fsp3) is 0.583. The molecule has 5 N–H and O–H groups in total. The highest BCUT2D eigenvalue weighted by atomic mass is 32.2. The molecule has 0 spiro atoms. The summed E-state index contributed by atoms with van der Waals surface area (Å²) in [6, 6.07) is 3.23. The van der Waals surface area contributed by atoms with Crippen molar-refractivity contribution >= 4 is 27.3 Å². The van der Waals surface area contributed by atoms with E-state index in [9.17, 15) is 13.2 Å². The first-order chi connectivity index (χ1) is 9.36. The highest BCUT2D eigenvalue weighted by molar-refractivity contribution is 7.91. The van der Waals surface area contributed by atoms with Gasteiger partial charge in [-0.25, -0.2) is 13.6 Å². The predicted molar refractivity (Wildman–Crippen MR) is 77.5 cm³/mol. The molecule has 0 bridgehead atoms.